The summed E-state index contributed by atoms with van der Waals surface area (Å²) in [6, 6.07) is 5.23. The summed E-state index contributed by atoms with van der Waals surface area (Å²) in [5.74, 6) is -0.900. The van der Waals surface area contributed by atoms with Gasteiger partial charge in [-0.05, 0) is 37.5 Å². The van der Waals surface area contributed by atoms with Gasteiger partial charge in [-0.1, -0.05) is 18.9 Å². The Morgan fingerprint density at radius 3 is 2.33 bits per heavy atom. The number of rotatable bonds is 6. The zero-order valence-corrected chi connectivity index (χ0v) is 14.4. The van der Waals surface area contributed by atoms with Crippen LogP contribution in [0.25, 0.3) is 0 Å². The summed E-state index contributed by atoms with van der Waals surface area (Å²) in [4.78, 5) is 23.9. The molecule has 1 aromatic rings. The van der Waals surface area contributed by atoms with Crippen LogP contribution in [-0.2, 0) is 9.59 Å². The van der Waals surface area contributed by atoms with Crippen LogP contribution in [0.4, 0.5) is 0 Å². The van der Waals surface area contributed by atoms with Gasteiger partial charge < -0.3 is 19.9 Å². The Labute approximate surface area is 142 Å². The average molecular weight is 335 g/mol. The molecule has 0 radical (unpaired) electrons. The first kappa shape index (κ1) is 18.1. The SMILES string of the molecule is COc1ccc([C@@H](C)NC(=O)[C@H]2CCCC[C@@H]2C(=O)O)cc1OC. The summed E-state index contributed by atoms with van der Waals surface area (Å²) in [5, 5.41) is 12.3. The summed E-state index contributed by atoms with van der Waals surface area (Å²) in [5.41, 5.74) is 0.878. The van der Waals surface area contributed by atoms with Crippen molar-refractivity contribution in [1.29, 1.82) is 0 Å². The van der Waals surface area contributed by atoms with Gasteiger partial charge in [0.2, 0.25) is 5.91 Å². The highest BCUT2D eigenvalue weighted by Gasteiger charge is 2.36. The summed E-state index contributed by atoms with van der Waals surface area (Å²) >= 11 is 0. The van der Waals surface area contributed by atoms with Crippen LogP contribution in [0.15, 0.2) is 18.2 Å². The molecular formula is C18H25NO5. The number of benzene rings is 1. The molecule has 0 unspecified atom stereocenters. The van der Waals surface area contributed by atoms with Crippen molar-refractivity contribution in [3.05, 3.63) is 23.8 Å². The van der Waals surface area contributed by atoms with Crippen LogP contribution in [0.3, 0.4) is 0 Å². The van der Waals surface area contributed by atoms with Crippen LogP contribution < -0.4 is 14.8 Å². The fourth-order valence-corrected chi connectivity index (χ4v) is 3.27. The van der Waals surface area contributed by atoms with E-state index in [9.17, 15) is 14.7 Å². The van der Waals surface area contributed by atoms with Gasteiger partial charge in [-0.2, -0.15) is 0 Å². The van der Waals surface area contributed by atoms with E-state index >= 15 is 0 Å². The van der Waals surface area contributed by atoms with Gasteiger partial charge in [-0.3, -0.25) is 9.59 Å². The van der Waals surface area contributed by atoms with Gasteiger partial charge in [0, 0.05) is 0 Å². The molecule has 1 amide bonds. The third kappa shape index (κ3) is 3.99. The molecule has 0 saturated heterocycles. The second-order valence-electron chi connectivity index (χ2n) is 6.18. The van der Waals surface area contributed by atoms with Crippen LogP contribution in [0.5, 0.6) is 11.5 Å². The van der Waals surface area contributed by atoms with Crippen molar-refractivity contribution in [1.82, 2.24) is 5.32 Å². The number of nitrogens with one attached hydrogen (secondary N) is 1. The molecule has 6 heteroatoms. The quantitative estimate of drug-likeness (QED) is 0.835. The molecule has 0 aliphatic heterocycles. The molecule has 1 aliphatic carbocycles. The number of methoxy groups -OCH3 is 2. The molecule has 132 valence electrons. The Hall–Kier alpha value is -2.24. The molecule has 1 saturated carbocycles. The standard InChI is InChI=1S/C18H25NO5/c1-11(12-8-9-15(23-2)16(10-12)24-3)19-17(20)13-6-4-5-7-14(13)18(21)22/h8-11,13-14H,4-7H2,1-3H3,(H,19,20)(H,21,22)/t11-,13+,14+/m1/s1. The van der Waals surface area contributed by atoms with E-state index in [-0.39, 0.29) is 11.9 Å². The van der Waals surface area contributed by atoms with Gasteiger partial charge in [0.25, 0.3) is 0 Å². The van der Waals surface area contributed by atoms with E-state index in [2.05, 4.69) is 5.32 Å². The number of carboxylic acids is 1. The summed E-state index contributed by atoms with van der Waals surface area (Å²) < 4.78 is 10.5. The van der Waals surface area contributed by atoms with E-state index in [1.54, 1.807) is 20.3 Å². The Kier molecular flexibility index (Phi) is 6.06. The van der Waals surface area contributed by atoms with Crippen molar-refractivity contribution in [3.8, 4) is 11.5 Å². The first-order valence-corrected chi connectivity index (χ1v) is 8.23. The normalized spacial score (nSPS) is 21.6. The van der Waals surface area contributed by atoms with Crippen molar-refractivity contribution in [3.63, 3.8) is 0 Å². The van der Waals surface area contributed by atoms with E-state index in [1.165, 1.54) is 0 Å². The molecule has 0 bridgehead atoms. The van der Waals surface area contributed by atoms with Crippen LogP contribution in [0.2, 0.25) is 0 Å². The van der Waals surface area contributed by atoms with Crippen LogP contribution in [-0.4, -0.2) is 31.2 Å². The molecule has 0 heterocycles. The molecule has 0 spiro atoms. The second kappa shape index (κ2) is 8.04. The fraction of sp³-hybridized carbons (Fsp3) is 0.556. The number of hydrogen-bond acceptors (Lipinski definition) is 4. The highest BCUT2D eigenvalue weighted by Crippen LogP contribution is 2.32. The Bertz CT molecular complexity index is 601. The predicted molar refractivity (Wildman–Crippen MR) is 89.2 cm³/mol. The monoisotopic (exact) mass is 335 g/mol. The van der Waals surface area contributed by atoms with Gasteiger partial charge >= 0.3 is 5.97 Å². The van der Waals surface area contributed by atoms with E-state index in [1.807, 2.05) is 19.1 Å². The number of aliphatic carboxylic acids is 1. The maximum absolute atomic E-state index is 12.5. The summed E-state index contributed by atoms with van der Waals surface area (Å²) in [6.07, 6.45) is 2.96. The maximum atomic E-state index is 12.5. The van der Waals surface area contributed by atoms with Crippen molar-refractivity contribution in [2.75, 3.05) is 14.2 Å². The molecule has 2 N–H and O–H groups in total. The van der Waals surface area contributed by atoms with Gasteiger partial charge in [-0.25, -0.2) is 0 Å². The Morgan fingerprint density at radius 2 is 1.75 bits per heavy atom. The minimum absolute atomic E-state index is 0.190. The zero-order valence-electron chi connectivity index (χ0n) is 14.4. The lowest BCUT2D eigenvalue weighted by atomic mass is 9.78. The molecule has 1 fully saturated rings. The molecule has 2 rings (SSSR count). The predicted octanol–water partition coefficient (Wildman–Crippen LogP) is 2.77. The van der Waals surface area contributed by atoms with Gasteiger partial charge in [-0.15, -0.1) is 0 Å². The van der Waals surface area contributed by atoms with Gasteiger partial charge in [0.1, 0.15) is 0 Å². The largest absolute Gasteiger partial charge is 0.493 e. The smallest absolute Gasteiger partial charge is 0.307 e. The van der Waals surface area contributed by atoms with Crippen LogP contribution in [0.1, 0.15) is 44.2 Å². The molecule has 0 aromatic heterocycles. The number of carbonyl (C=O) groups excluding carboxylic acids is 1. The van der Waals surface area contributed by atoms with Crippen molar-refractivity contribution < 1.29 is 24.2 Å². The second-order valence-corrected chi connectivity index (χ2v) is 6.18. The summed E-state index contributed by atoms with van der Waals surface area (Å²) in [7, 11) is 3.13. The minimum Gasteiger partial charge on any atom is -0.493 e. The van der Waals surface area contributed by atoms with Gasteiger partial charge in [0.15, 0.2) is 11.5 Å². The number of hydrogen-bond donors (Lipinski definition) is 2. The van der Waals surface area contributed by atoms with Crippen LogP contribution in [0, 0.1) is 11.8 Å². The molecule has 1 aromatic carbocycles. The van der Waals surface area contributed by atoms with Crippen molar-refractivity contribution >= 4 is 11.9 Å². The maximum Gasteiger partial charge on any atom is 0.307 e. The molecule has 6 nitrogen and oxygen atoms in total. The van der Waals surface area contributed by atoms with Crippen molar-refractivity contribution in [2.24, 2.45) is 11.8 Å². The Morgan fingerprint density at radius 1 is 1.12 bits per heavy atom. The highest BCUT2D eigenvalue weighted by atomic mass is 16.5. The zero-order chi connectivity index (χ0) is 17.7. The summed E-state index contributed by atoms with van der Waals surface area (Å²) in [6.45, 7) is 1.87. The van der Waals surface area contributed by atoms with E-state index in [0.29, 0.717) is 24.3 Å². The number of amides is 1. The lowest BCUT2D eigenvalue weighted by molar-refractivity contribution is -0.149. The topological polar surface area (TPSA) is 84.9 Å². The molecule has 24 heavy (non-hydrogen) atoms. The highest BCUT2D eigenvalue weighted by molar-refractivity contribution is 5.85. The average Bonchev–Trinajstić information content (AvgIpc) is 2.60. The number of carboxylic acid groups (broad SMARTS) is 1. The number of ether oxygens (including phenoxy) is 2. The minimum atomic E-state index is -0.881. The van der Waals surface area contributed by atoms with E-state index in [0.717, 1.165) is 18.4 Å². The molecular weight excluding hydrogens is 310 g/mol. The molecule has 1 aliphatic rings. The third-order valence-electron chi connectivity index (χ3n) is 4.69. The first-order valence-electron chi connectivity index (χ1n) is 8.23. The third-order valence-corrected chi connectivity index (χ3v) is 4.69. The van der Waals surface area contributed by atoms with Crippen LogP contribution >= 0.6 is 0 Å². The lowest BCUT2D eigenvalue weighted by Crippen LogP contribution is -2.40. The first-order chi connectivity index (χ1) is 11.5. The van der Waals surface area contributed by atoms with E-state index < -0.39 is 17.8 Å². The van der Waals surface area contributed by atoms with Crippen molar-refractivity contribution in [2.45, 2.75) is 38.6 Å². The fourth-order valence-electron chi connectivity index (χ4n) is 3.27. The van der Waals surface area contributed by atoms with Gasteiger partial charge in [0.05, 0.1) is 32.1 Å². The number of carbonyl (C=O) groups is 2. The lowest BCUT2D eigenvalue weighted by Gasteiger charge is -2.29. The van der Waals surface area contributed by atoms with E-state index in [4.69, 9.17) is 9.47 Å². The molecule has 3 atom stereocenters. The Balaban J connectivity index is 2.09.